The van der Waals surface area contributed by atoms with E-state index in [4.69, 9.17) is 9.47 Å². The van der Waals surface area contributed by atoms with Gasteiger partial charge in [0.1, 0.15) is 26.4 Å². The molecule has 35 heavy (non-hydrogen) atoms. The molecule has 0 saturated carbocycles. The molecule has 1 aliphatic heterocycles. The van der Waals surface area contributed by atoms with Crippen LogP contribution in [0.3, 0.4) is 0 Å². The molecule has 0 unspecified atom stereocenters. The number of nitrogens with zero attached hydrogens (tertiary/aromatic N) is 1. The predicted octanol–water partition coefficient (Wildman–Crippen LogP) is 0.775. The fourth-order valence-corrected chi connectivity index (χ4v) is 9.69. The van der Waals surface area contributed by atoms with Gasteiger partial charge in [-0.25, -0.2) is 4.79 Å². The first-order valence-corrected chi connectivity index (χ1v) is 13.9. The van der Waals surface area contributed by atoms with E-state index in [0.717, 1.165) is 10.6 Å². The van der Waals surface area contributed by atoms with E-state index in [2.05, 4.69) is 50.0 Å². The Morgan fingerprint density at radius 1 is 0.943 bits per heavy atom. The van der Waals surface area contributed by atoms with E-state index >= 15 is 0 Å². The van der Waals surface area contributed by atoms with Gasteiger partial charge in [-0.1, -0.05) is 91.8 Å². The molecule has 4 rings (SSSR count). The van der Waals surface area contributed by atoms with Crippen LogP contribution in [-0.4, -0.2) is 59.0 Å². The van der Waals surface area contributed by atoms with Crippen LogP contribution in [-0.2, 0) is 9.47 Å². The number of nitrogens with one attached hydrogen (secondary N) is 1. The summed E-state index contributed by atoms with van der Waals surface area (Å²) in [4.78, 5) is 25.7. The van der Waals surface area contributed by atoms with Crippen LogP contribution < -0.4 is 21.6 Å². The summed E-state index contributed by atoms with van der Waals surface area (Å²) < 4.78 is 13.2. The van der Waals surface area contributed by atoms with Crippen LogP contribution in [0.2, 0.25) is 5.04 Å². The molecule has 1 aliphatic rings. The zero-order valence-corrected chi connectivity index (χ0v) is 21.1. The SMILES string of the molecule is CC(C)(C)[Si](COC[C@H]1O[C@@H](n2ccc(=O)[nH]c2=O)[C@H](O)[C@@H]1O)(c1ccccc1)c1ccccc1. The van der Waals surface area contributed by atoms with Gasteiger partial charge in [-0.2, -0.15) is 0 Å². The van der Waals surface area contributed by atoms with Gasteiger partial charge in [0.05, 0.1) is 6.61 Å². The first-order chi connectivity index (χ1) is 16.6. The Morgan fingerprint density at radius 2 is 1.51 bits per heavy atom. The lowest BCUT2D eigenvalue weighted by Gasteiger charge is -2.44. The van der Waals surface area contributed by atoms with Crippen molar-refractivity contribution in [2.75, 3.05) is 12.8 Å². The zero-order chi connectivity index (χ0) is 25.2. The Morgan fingerprint density at radius 3 is 2.03 bits per heavy atom. The van der Waals surface area contributed by atoms with Gasteiger partial charge in [0.15, 0.2) is 6.23 Å². The molecule has 0 bridgehead atoms. The number of benzene rings is 2. The third-order valence-corrected chi connectivity index (χ3v) is 12.7. The zero-order valence-electron chi connectivity index (χ0n) is 20.1. The van der Waals surface area contributed by atoms with Crippen molar-refractivity contribution in [2.45, 2.75) is 50.3 Å². The second kappa shape index (κ2) is 10.0. The fourth-order valence-electron chi connectivity index (χ4n) is 4.91. The number of aromatic amines is 1. The van der Waals surface area contributed by atoms with Crippen LogP contribution in [0, 0.1) is 0 Å². The lowest BCUT2D eigenvalue weighted by atomic mass is 10.1. The molecule has 2 aromatic carbocycles. The number of hydrogen-bond acceptors (Lipinski definition) is 6. The summed E-state index contributed by atoms with van der Waals surface area (Å²) in [5, 5.41) is 23.6. The minimum Gasteiger partial charge on any atom is -0.387 e. The third kappa shape index (κ3) is 4.82. The molecule has 0 spiro atoms. The molecule has 1 aromatic heterocycles. The summed E-state index contributed by atoms with van der Waals surface area (Å²) in [5.74, 6) is 0. The normalized spacial score (nSPS) is 22.9. The van der Waals surface area contributed by atoms with Gasteiger partial charge in [-0.15, -0.1) is 0 Å². The van der Waals surface area contributed by atoms with Gasteiger partial charge in [0.2, 0.25) is 0 Å². The first kappa shape index (κ1) is 25.3. The average Bonchev–Trinajstić information content (AvgIpc) is 3.11. The monoisotopic (exact) mass is 496 g/mol. The van der Waals surface area contributed by atoms with Crippen LogP contribution in [0.25, 0.3) is 0 Å². The Balaban J connectivity index is 1.58. The molecule has 9 heteroatoms. The van der Waals surface area contributed by atoms with Crippen LogP contribution >= 0.6 is 0 Å². The summed E-state index contributed by atoms with van der Waals surface area (Å²) >= 11 is 0. The molecular formula is C26H32N2O6Si. The van der Waals surface area contributed by atoms with Gasteiger partial charge < -0.3 is 19.7 Å². The average molecular weight is 497 g/mol. The minimum absolute atomic E-state index is 0.0390. The molecule has 0 radical (unpaired) electrons. The molecular weight excluding hydrogens is 464 g/mol. The summed E-state index contributed by atoms with van der Waals surface area (Å²) in [6, 6.07) is 21.9. The second-order valence-corrected chi connectivity index (χ2v) is 14.7. The summed E-state index contributed by atoms with van der Waals surface area (Å²) in [6.45, 7) is 6.72. The van der Waals surface area contributed by atoms with E-state index in [1.54, 1.807) is 0 Å². The molecule has 3 N–H and O–H groups in total. The van der Waals surface area contributed by atoms with Crippen molar-refractivity contribution in [3.63, 3.8) is 0 Å². The van der Waals surface area contributed by atoms with Gasteiger partial charge in [-0.3, -0.25) is 14.3 Å². The molecule has 0 amide bonds. The minimum atomic E-state index is -2.47. The van der Waals surface area contributed by atoms with Crippen molar-refractivity contribution in [1.29, 1.82) is 0 Å². The third-order valence-electron chi connectivity index (χ3n) is 6.88. The number of hydrogen-bond donors (Lipinski definition) is 3. The van der Waals surface area contributed by atoms with E-state index < -0.39 is 43.9 Å². The predicted molar refractivity (Wildman–Crippen MR) is 136 cm³/mol. The molecule has 2 heterocycles. The Bertz CT molecular complexity index is 1200. The van der Waals surface area contributed by atoms with E-state index in [0.29, 0.717) is 6.23 Å². The van der Waals surface area contributed by atoms with Crippen LogP contribution in [0.5, 0.6) is 0 Å². The highest BCUT2D eigenvalue weighted by Gasteiger charge is 2.49. The number of aliphatic hydroxyl groups is 2. The Kier molecular flexibility index (Phi) is 7.25. The van der Waals surface area contributed by atoms with Crippen LogP contribution in [0.4, 0.5) is 0 Å². The van der Waals surface area contributed by atoms with Crippen molar-refractivity contribution < 1.29 is 19.7 Å². The molecule has 0 aliphatic carbocycles. The molecule has 8 nitrogen and oxygen atoms in total. The van der Waals surface area contributed by atoms with Crippen molar-refractivity contribution in [3.05, 3.63) is 93.8 Å². The highest BCUT2D eigenvalue weighted by atomic mass is 28.3. The summed E-state index contributed by atoms with van der Waals surface area (Å²) in [6.07, 6.45) is -2.88. The van der Waals surface area contributed by atoms with Gasteiger partial charge in [0.25, 0.3) is 5.56 Å². The Hall–Kier alpha value is -2.82. The maximum Gasteiger partial charge on any atom is 0.330 e. The van der Waals surface area contributed by atoms with E-state index in [-0.39, 0.29) is 11.6 Å². The standard InChI is InChI=1S/C26H32N2O6Si/c1-26(2,3)35(18-10-6-4-7-11-18,19-12-8-5-9-13-19)17-33-16-20-22(30)23(31)24(34-20)28-15-14-21(29)27-25(28)32/h4-15,20,22-24,30-31H,16-17H2,1-3H3,(H,27,29,32)/t20-,22-,23-,24-/m1/s1. The number of rotatable bonds is 7. The topological polar surface area (TPSA) is 114 Å². The largest absolute Gasteiger partial charge is 0.387 e. The van der Waals surface area contributed by atoms with E-state index in [1.807, 2.05) is 36.4 Å². The lowest BCUT2D eigenvalue weighted by Crippen LogP contribution is -2.67. The highest BCUT2D eigenvalue weighted by Crippen LogP contribution is 2.36. The summed E-state index contributed by atoms with van der Waals surface area (Å²) in [5.41, 5.74) is -1.27. The first-order valence-electron chi connectivity index (χ1n) is 11.7. The van der Waals surface area contributed by atoms with Gasteiger partial charge in [0, 0.05) is 18.5 Å². The van der Waals surface area contributed by atoms with E-state index in [1.165, 1.54) is 16.6 Å². The molecule has 186 valence electrons. The van der Waals surface area contributed by atoms with Crippen LogP contribution in [0.15, 0.2) is 82.5 Å². The molecule has 4 atom stereocenters. The van der Waals surface area contributed by atoms with Crippen molar-refractivity contribution in [3.8, 4) is 0 Å². The van der Waals surface area contributed by atoms with Gasteiger partial charge >= 0.3 is 5.69 Å². The maximum atomic E-state index is 12.2. The highest BCUT2D eigenvalue weighted by molar-refractivity contribution is 7.04. The second-order valence-electron chi connectivity index (χ2n) is 9.97. The number of aliphatic hydroxyl groups excluding tert-OH is 2. The quantitative estimate of drug-likeness (QED) is 0.417. The number of H-pyrrole nitrogens is 1. The fraction of sp³-hybridized carbons (Fsp3) is 0.385. The van der Waals surface area contributed by atoms with Crippen LogP contribution in [0.1, 0.15) is 27.0 Å². The molecule has 3 aromatic rings. The summed E-state index contributed by atoms with van der Waals surface area (Å²) in [7, 11) is -2.47. The number of ether oxygens (including phenoxy) is 2. The maximum absolute atomic E-state index is 12.2. The molecule has 1 saturated heterocycles. The Labute approximate surface area is 204 Å². The van der Waals surface area contributed by atoms with Crippen molar-refractivity contribution in [1.82, 2.24) is 9.55 Å². The lowest BCUT2D eigenvalue weighted by molar-refractivity contribution is -0.0640. The van der Waals surface area contributed by atoms with Crippen molar-refractivity contribution in [2.24, 2.45) is 0 Å². The molecule has 1 fully saturated rings. The van der Waals surface area contributed by atoms with Gasteiger partial charge in [-0.05, 0) is 5.04 Å². The van der Waals surface area contributed by atoms with E-state index in [9.17, 15) is 19.8 Å². The number of aromatic nitrogens is 2. The van der Waals surface area contributed by atoms with Crippen molar-refractivity contribution >= 4 is 18.4 Å². The smallest absolute Gasteiger partial charge is 0.330 e.